The summed E-state index contributed by atoms with van der Waals surface area (Å²) in [6.45, 7) is 0.738. The van der Waals surface area contributed by atoms with Crippen LogP contribution in [0.1, 0.15) is 5.69 Å². The first-order chi connectivity index (χ1) is 12.9. The highest BCUT2D eigenvalue weighted by atomic mass is 35.5. The number of nitrogens with zero attached hydrogens (tertiary/aromatic N) is 2. The van der Waals surface area contributed by atoms with Gasteiger partial charge in [0, 0.05) is 12.1 Å². The smallest absolute Gasteiger partial charge is 0.435 e. The van der Waals surface area contributed by atoms with Crippen molar-refractivity contribution in [2.75, 3.05) is 20.3 Å². The fraction of sp³-hybridized carbons (Fsp3) is 0.211. The molecular formula is C19H19ClF3N3O2. The van der Waals surface area contributed by atoms with Gasteiger partial charge in [0.1, 0.15) is 18.1 Å². The molecule has 0 spiro atoms. The molecule has 0 bridgehead atoms. The Bertz CT molecular complexity index is 894. The number of rotatable bonds is 6. The summed E-state index contributed by atoms with van der Waals surface area (Å²) in [5.74, 6) is 1.20. The number of benzene rings is 2. The molecule has 0 aliphatic carbocycles. The van der Waals surface area contributed by atoms with Gasteiger partial charge >= 0.3 is 6.18 Å². The predicted octanol–water partition coefficient (Wildman–Crippen LogP) is 4.33. The van der Waals surface area contributed by atoms with E-state index in [4.69, 9.17) is 15.2 Å². The lowest BCUT2D eigenvalue weighted by molar-refractivity contribution is -0.141. The van der Waals surface area contributed by atoms with Gasteiger partial charge in [-0.05, 0) is 54.6 Å². The quantitative estimate of drug-likeness (QED) is 0.653. The van der Waals surface area contributed by atoms with Crippen LogP contribution < -0.4 is 15.2 Å². The zero-order chi connectivity index (χ0) is 19.4. The lowest BCUT2D eigenvalue weighted by Crippen LogP contribution is -2.10. The first kappa shape index (κ1) is 21.6. The molecule has 0 fully saturated rings. The molecule has 150 valence electrons. The minimum absolute atomic E-state index is 0. The third-order valence-electron chi connectivity index (χ3n) is 3.85. The molecule has 3 rings (SSSR count). The van der Waals surface area contributed by atoms with Crippen LogP contribution in [0.25, 0.3) is 16.9 Å². The van der Waals surface area contributed by atoms with Crippen molar-refractivity contribution in [3.8, 4) is 28.4 Å². The van der Waals surface area contributed by atoms with Crippen LogP contribution in [0.2, 0.25) is 0 Å². The molecular weight excluding hydrogens is 395 g/mol. The summed E-state index contributed by atoms with van der Waals surface area (Å²) in [6, 6.07) is 14.4. The van der Waals surface area contributed by atoms with Crippen molar-refractivity contribution in [2.24, 2.45) is 5.73 Å². The van der Waals surface area contributed by atoms with Crippen LogP contribution in [0.4, 0.5) is 13.2 Å². The molecule has 28 heavy (non-hydrogen) atoms. The van der Waals surface area contributed by atoms with Crippen molar-refractivity contribution in [3.05, 3.63) is 60.3 Å². The number of alkyl halides is 3. The van der Waals surface area contributed by atoms with E-state index in [0.29, 0.717) is 41.6 Å². The van der Waals surface area contributed by atoms with Crippen LogP contribution in [-0.4, -0.2) is 30.0 Å². The summed E-state index contributed by atoms with van der Waals surface area (Å²) in [5.41, 5.74) is 5.82. The molecule has 0 saturated carbocycles. The highest BCUT2D eigenvalue weighted by Gasteiger charge is 2.35. The van der Waals surface area contributed by atoms with Gasteiger partial charge in [0.2, 0.25) is 0 Å². The van der Waals surface area contributed by atoms with Crippen LogP contribution in [-0.2, 0) is 6.18 Å². The van der Waals surface area contributed by atoms with E-state index in [1.54, 1.807) is 48.5 Å². The monoisotopic (exact) mass is 413 g/mol. The number of hydrogen-bond acceptors (Lipinski definition) is 4. The van der Waals surface area contributed by atoms with E-state index in [1.807, 2.05) is 0 Å². The van der Waals surface area contributed by atoms with Gasteiger partial charge in [-0.15, -0.1) is 12.4 Å². The van der Waals surface area contributed by atoms with Crippen LogP contribution in [0.3, 0.4) is 0 Å². The van der Waals surface area contributed by atoms with Gasteiger partial charge in [-0.3, -0.25) is 0 Å². The van der Waals surface area contributed by atoms with Gasteiger partial charge in [-0.1, -0.05) is 0 Å². The van der Waals surface area contributed by atoms with E-state index in [9.17, 15) is 13.2 Å². The van der Waals surface area contributed by atoms with Gasteiger partial charge in [0.05, 0.1) is 18.5 Å². The van der Waals surface area contributed by atoms with E-state index in [-0.39, 0.29) is 12.4 Å². The molecule has 0 saturated heterocycles. The first-order valence-electron chi connectivity index (χ1n) is 8.17. The zero-order valence-corrected chi connectivity index (χ0v) is 15.8. The van der Waals surface area contributed by atoms with Gasteiger partial charge in [-0.25, -0.2) is 4.68 Å². The van der Waals surface area contributed by atoms with Crippen LogP contribution in [0.5, 0.6) is 11.5 Å². The van der Waals surface area contributed by atoms with Gasteiger partial charge in [-0.2, -0.15) is 18.3 Å². The van der Waals surface area contributed by atoms with E-state index in [2.05, 4.69) is 5.10 Å². The fourth-order valence-corrected chi connectivity index (χ4v) is 2.54. The average molecular weight is 414 g/mol. The van der Waals surface area contributed by atoms with Gasteiger partial charge in [0.25, 0.3) is 0 Å². The standard InChI is InChI=1S/C19H18F3N3O2.ClH/c1-26-15-8-4-14(5-9-15)25-17(12-18(24-25)19(20,21)22)13-2-6-16(7-3-13)27-11-10-23;/h2-9,12H,10-11,23H2,1H3;1H. The number of ether oxygens (including phenoxy) is 2. The Morgan fingerprint density at radius 1 is 1.00 bits per heavy atom. The second kappa shape index (κ2) is 8.99. The number of halogens is 4. The third kappa shape index (κ3) is 4.76. The maximum Gasteiger partial charge on any atom is 0.435 e. The Morgan fingerprint density at radius 2 is 1.61 bits per heavy atom. The molecule has 1 aromatic heterocycles. The molecule has 2 N–H and O–H groups in total. The molecule has 0 radical (unpaired) electrons. The molecule has 5 nitrogen and oxygen atoms in total. The molecule has 1 heterocycles. The van der Waals surface area contributed by atoms with Crippen molar-refractivity contribution >= 4 is 12.4 Å². The second-order valence-electron chi connectivity index (χ2n) is 5.68. The second-order valence-corrected chi connectivity index (χ2v) is 5.68. The topological polar surface area (TPSA) is 62.3 Å². The molecule has 0 atom stereocenters. The predicted molar refractivity (Wildman–Crippen MR) is 102 cm³/mol. The zero-order valence-electron chi connectivity index (χ0n) is 14.9. The number of aromatic nitrogens is 2. The minimum atomic E-state index is -4.54. The lowest BCUT2D eigenvalue weighted by Gasteiger charge is -2.10. The fourth-order valence-electron chi connectivity index (χ4n) is 2.54. The van der Waals surface area contributed by atoms with Crippen LogP contribution in [0, 0.1) is 0 Å². The summed E-state index contributed by atoms with van der Waals surface area (Å²) >= 11 is 0. The summed E-state index contributed by atoms with van der Waals surface area (Å²) in [4.78, 5) is 0. The summed E-state index contributed by atoms with van der Waals surface area (Å²) in [6.07, 6.45) is -4.54. The molecule has 9 heteroatoms. The van der Waals surface area contributed by atoms with Crippen molar-refractivity contribution in [1.82, 2.24) is 9.78 Å². The van der Waals surface area contributed by atoms with Crippen molar-refractivity contribution < 1.29 is 22.6 Å². The highest BCUT2D eigenvalue weighted by Crippen LogP contribution is 2.34. The normalized spacial score (nSPS) is 11.0. The average Bonchev–Trinajstić information content (AvgIpc) is 3.13. The minimum Gasteiger partial charge on any atom is -0.497 e. The first-order valence-corrected chi connectivity index (χ1v) is 8.17. The van der Waals surface area contributed by atoms with Crippen molar-refractivity contribution in [3.63, 3.8) is 0 Å². The molecule has 3 aromatic rings. The Hall–Kier alpha value is -2.71. The summed E-state index contributed by atoms with van der Waals surface area (Å²) < 4.78 is 51.4. The van der Waals surface area contributed by atoms with Crippen LogP contribution >= 0.6 is 12.4 Å². The van der Waals surface area contributed by atoms with E-state index < -0.39 is 11.9 Å². The molecule has 0 amide bonds. The number of nitrogens with two attached hydrogens (primary N) is 1. The summed E-state index contributed by atoms with van der Waals surface area (Å²) in [5, 5.41) is 3.76. The molecule has 0 unspecified atom stereocenters. The van der Waals surface area contributed by atoms with Gasteiger partial charge in [0.15, 0.2) is 5.69 Å². The molecule has 2 aromatic carbocycles. The summed E-state index contributed by atoms with van der Waals surface area (Å²) in [7, 11) is 1.52. The van der Waals surface area contributed by atoms with E-state index in [1.165, 1.54) is 11.8 Å². The Kier molecular flexibility index (Phi) is 6.93. The highest BCUT2D eigenvalue weighted by molar-refractivity contribution is 5.85. The van der Waals surface area contributed by atoms with Gasteiger partial charge < -0.3 is 15.2 Å². The third-order valence-corrected chi connectivity index (χ3v) is 3.85. The van der Waals surface area contributed by atoms with E-state index >= 15 is 0 Å². The Labute approximate surface area is 166 Å². The van der Waals surface area contributed by atoms with E-state index in [0.717, 1.165) is 6.07 Å². The largest absolute Gasteiger partial charge is 0.497 e. The lowest BCUT2D eigenvalue weighted by atomic mass is 10.1. The number of methoxy groups -OCH3 is 1. The molecule has 0 aliphatic heterocycles. The maximum absolute atomic E-state index is 13.2. The Balaban J connectivity index is 0.00000280. The number of hydrogen-bond donors (Lipinski definition) is 1. The maximum atomic E-state index is 13.2. The molecule has 0 aliphatic rings. The Morgan fingerprint density at radius 3 is 2.14 bits per heavy atom. The SMILES string of the molecule is COc1ccc(-n2nc(C(F)(F)F)cc2-c2ccc(OCCN)cc2)cc1.Cl. The van der Waals surface area contributed by atoms with Crippen molar-refractivity contribution in [1.29, 1.82) is 0 Å². The van der Waals surface area contributed by atoms with Crippen LogP contribution in [0.15, 0.2) is 54.6 Å². The van der Waals surface area contributed by atoms with Crippen molar-refractivity contribution in [2.45, 2.75) is 6.18 Å².